The molecular formula is C25H21ClN2O4. The van der Waals surface area contributed by atoms with Crippen molar-refractivity contribution in [3.05, 3.63) is 105 Å². The van der Waals surface area contributed by atoms with Crippen LogP contribution in [0.2, 0.25) is 5.02 Å². The Hall–Kier alpha value is -3.64. The number of carbonyl (C=O) groups is 1. The summed E-state index contributed by atoms with van der Waals surface area (Å²) >= 11 is 6.07. The Balaban J connectivity index is 1.30. The molecule has 1 aliphatic rings. The van der Waals surface area contributed by atoms with Gasteiger partial charge in [-0.25, -0.2) is 4.79 Å². The third-order valence-corrected chi connectivity index (χ3v) is 5.76. The van der Waals surface area contributed by atoms with Crippen molar-refractivity contribution in [2.24, 2.45) is 0 Å². The maximum absolute atomic E-state index is 12.2. The molecule has 0 aliphatic heterocycles. The van der Waals surface area contributed by atoms with E-state index in [1.54, 1.807) is 18.2 Å². The van der Waals surface area contributed by atoms with Gasteiger partial charge in [0.05, 0.1) is 15.5 Å². The monoisotopic (exact) mass is 448 g/mol. The lowest BCUT2D eigenvalue weighted by Crippen LogP contribution is -2.26. The summed E-state index contributed by atoms with van der Waals surface area (Å²) in [5.41, 5.74) is 4.96. The number of nitro groups is 1. The normalized spacial score (nSPS) is 12.4. The van der Waals surface area contributed by atoms with Gasteiger partial charge in [-0.1, -0.05) is 78.4 Å². The molecule has 0 atom stereocenters. The Kier molecular flexibility index (Phi) is 6.52. The number of rotatable bonds is 7. The van der Waals surface area contributed by atoms with Crippen LogP contribution in [0.5, 0.6) is 0 Å². The first-order valence-corrected chi connectivity index (χ1v) is 10.6. The van der Waals surface area contributed by atoms with Gasteiger partial charge in [-0.05, 0) is 34.7 Å². The zero-order valence-electron chi connectivity index (χ0n) is 17.2. The topological polar surface area (TPSA) is 81.5 Å². The lowest BCUT2D eigenvalue weighted by Gasteiger charge is -2.14. The Morgan fingerprint density at radius 3 is 2.34 bits per heavy atom. The van der Waals surface area contributed by atoms with E-state index in [1.807, 2.05) is 24.3 Å². The molecule has 0 radical (unpaired) electrons. The highest BCUT2D eigenvalue weighted by molar-refractivity contribution is 6.32. The van der Waals surface area contributed by atoms with Crippen molar-refractivity contribution in [3.8, 4) is 11.1 Å². The third-order valence-electron chi connectivity index (χ3n) is 5.44. The lowest BCUT2D eigenvalue weighted by molar-refractivity contribution is -0.385. The predicted octanol–water partition coefficient (Wildman–Crippen LogP) is 6.19. The van der Waals surface area contributed by atoms with Crippen LogP contribution in [0.15, 0.2) is 72.8 Å². The summed E-state index contributed by atoms with van der Waals surface area (Å²) < 4.78 is 5.49. The van der Waals surface area contributed by atoms with E-state index >= 15 is 0 Å². The largest absolute Gasteiger partial charge is 0.449 e. The molecule has 32 heavy (non-hydrogen) atoms. The van der Waals surface area contributed by atoms with E-state index in [0.717, 1.165) is 11.1 Å². The highest BCUT2D eigenvalue weighted by Crippen LogP contribution is 2.44. The molecule has 0 bridgehead atoms. The summed E-state index contributed by atoms with van der Waals surface area (Å²) in [5.74, 6) is 0.00816. The van der Waals surface area contributed by atoms with Gasteiger partial charge in [0.2, 0.25) is 0 Å². The molecule has 1 N–H and O–H groups in total. The van der Waals surface area contributed by atoms with Crippen LogP contribution >= 0.6 is 11.6 Å². The van der Waals surface area contributed by atoms with Crippen molar-refractivity contribution in [2.45, 2.75) is 12.3 Å². The standard InChI is InChI=1S/C25H21ClN2O4/c26-23-13-7-14-24(28(30)31)21(23)12-5-6-15-27-25(29)32-16-22-19-10-3-1-8-17(19)18-9-2-4-11-20(18)22/h1-5,7-14,22H,6,15-16H2,(H,27,29). The Bertz CT molecular complexity index is 1150. The molecule has 0 heterocycles. The summed E-state index contributed by atoms with van der Waals surface area (Å²) in [6.45, 7) is 0.590. The van der Waals surface area contributed by atoms with Crippen molar-refractivity contribution in [1.82, 2.24) is 5.32 Å². The molecule has 0 aromatic heterocycles. The lowest BCUT2D eigenvalue weighted by atomic mass is 9.98. The van der Waals surface area contributed by atoms with Crippen LogP contribution in [0, 0.1) is 10.1 Å². The van der Waals surface area contributed by atoms with Gasteiger partial charge in [-0.15, -0.1) is 0 Å². The zero-order valence-corrected chi connectivity index (χ0v) is 17.9. The van der Waals surface area contributed by atoms with Crippen LogP contribution in [0.3, 0.4) is 0 Å². The molecule has 1 amide bonds. The van der Waals surface area contributed by atoms with Gasteiger partial charge in [0.25, 0.3) is 5.69 Å². The number of nitrogens with one attached hydrogen (secondary N) is 1. The van der Waals surface area contributed by atoms with Crippen LogP contribution in [0.4, 0.5) is 10.5 Å². The number of alkyl carbamates (subject to hydrolysis) is 1. The smallest absolute Gasteiger partial charge is 0.407 e. The summed E-state index contributed by atoms with van der Waals surface area (Å²) in [4.78, 5) is 22.8. The second-order valence-electron chi connectivity index (χ2n) is 7.37. The van der Waals surface area contributed by atoms with Crippen LogP contribution in [0.25, 0.3) is 17.2 Å². The van der Waals surface area contributed by atoms with Crippen LogP contribution in [-0.2, 0) is 4.74 Å². The van der Waals surface area contributed by atoms with E-state index in [-0.39, 0.29) is 18.2 Å². The minimum atomic E-state index is -0.496. The number of benzene rings is 3. The first-order valence-electron chi connectivity index (χ1n) is 10.2. The quantitative estimate of drug-likeness (QED) is 0.265. The number of nitro benzene ring substituents is 1. The number of halogens is 1. The first kappa shape index (κ1) is 21.6. The molecule has 4 rings (SSSR count). The average Bonchev–Trinajstić information content (AvgIpc) is 3.12. The van der Waals surface area contributed by atoms with E-state index in [9.17, 15) is 14.9 Å². The molecule has 0 saturated carbocycles. The van der Waals surface area contributed by atoms with E-state index in [2.05, 4.69) is 29.6 Å². The Morgan fingerprint density at radius 1 is 1.03 bits per heavy atom. The average molecular weight is 449 g/mol. The second-order valence-corrected chi connectivity index (χ2v) is 7.78. The number of ether oxygens (including phenoxy) is 1. The fourth-order valence-electron chi connectivity index (χ4n) is 3.96. The molecule has 0 fully saturated rings. The van der Waals surface area contributed by atoms with Crippen molar-refractivity contribution in [3.63, 3.8) is 0 Å². The number of hydrogen-bond donors (Lipinski definition) is 1. The zero-order chi connectivity index (χ0) is 22.5. The van der Waals surface area contributed by atoms with Crippen molar-refractivity contribution >= 4 is 29.5 Å². The van der Waals surface area contributed by atoms with Crippen molar-refractivity contribution < 1.29 is 14.5 Å². The Morgan fingerprint density at radius 2 is 1.69 bits per heavy atom. The number of carbonyl (C=O) groups excluding carboxylic acids is 1. The number of nitrogens with zero attached hydrogens (tertiary/aromatic N) is 1. The highest BCUT2D eigenvalue weighted by Gasteiger charge is 2.28. The summed E-state index contributed by atoms with van der Waals surface area (Å²) in [6.07, 6.45) is 3.31. The van der Waals surface area contributed by atoms with Crippen LogP contribution in [0.1, 0.15) is 29.0 Å². The second kappa shape index (κ2) is 9.66. The van der Waals surface area contributed by atoms with Crippen LogP contribution < -0.4 is 5.32 Å². The molecule has 3 aromatic carbocycles. The summed E-state index contributed by atoms with van der Waals surface area (Å²) in [7, 11) is 0. The summed E-state index contributed by atoms with van der Waals surface area (Å²) in [6, 6.07) is 20.9. The molecular weight excluding hydrogens is 428 g/mol. The number of fused-ring (bicyclic) bond motifs is 3. The van der Waals surface area contributed by atoms with Gasteiger partial charge in [-0.2, -0.15) is 0 Å². The molecule has 7 heteroatoms. The minimum absolute atomic E-state index is 0.00816. The van der Waals surface area contributed by atoms with E-state index in [0.29, 0.717) is 23.6 Å². The first-order chi connectivity index (χ1) is 15.6. The molecule has 3 aromatic rings. The van der Waals surface area contributed by atoms with Gasteiger partial charge in [-0.3, -0.25) is 10.1 Å². The molecule has 162 valence electrons. The van der Waals surface area contributed by atoms with E-state index < -0.39 is 11.0 Å². The minimum Gasteiger partial charge on any atom is -0.449 e. The molecule has 0 saturated heterocycles. The highest BCUT2D eigenvalue weighted by atomic mass is 35.5. The van der Waals surface area contributed by atoms with Gasteiger partial charge >= 0.3 is 6.09 Å². The molecule has 0 unspecified atom stereocenters. The van der Waals surface area contributed by atoms with E-state index in [4.69, 9.17) is 16.3 Å². The van der Waals surface area contributed by atoms with Crippen molar-refractivity contribution in [2.75, 3.05) is 13.2 Å². The fraction of sp³-hybridized carbons (Fsp3) is 0.160. The maximum Gasteiger partial charge on any atom is 0.407 e. The van der Waals surface area contributed by atoms with Gasteiger partial charge < -0.3 is 10.1 Å². The Labute approximate surface area is 190 Å². The van der Waals surface area contributed by atoms with Crippen LogP contribution in [-0.4, -0.2) is 24.2 Å². The summed E-state index contributed by atoms with van der Waals surface area (Å²) in [5, 5.41) is 14.1. The predicted molar refractivity (Wildman–Crippen MR) is 125 cm³/mol. The number of hydrogen-bond acceptors (Lipinski definition) is 4. The molecule has 6 nitrogen and oxygen atoms in total. The van der Waals surface area contributed by atoms with Gasteiger partial charge in [0, 0.05) is 18.5 Å². The number of amides is 1. The maximum atomic E-state index is 12.2. The van der Waals surface area contributed by atoms with Gasteiger partial charge in [0.1, 0.15) is 6.61 Å². The molecule has 0 spiro atoms. The SMILES string of the molecule is O=C(NCCC=Cc1c(Cl)cccc1[N+](=O)[O-])OCC1c2ccccc2-c2ccccc21. The van der Waals surface area contributed by atoms with E-state index in [1.165, 1.54) is 23.3 Å². The molecule has 1 aliphatic carbocycles. The van der Waals surface area contributed by atoms with Crippen molar-refractivity contribution in [1.29, 1.82) is 0 Å². The fourth-order valence-corrected chi connectivity index (χ4v) is 4.19. The third kappa shape index (κ3) is 4.50. The van der Waals surface area contributed by atoms with Gasteiger partial charge in [0.15, 0.2) is 0 Å².